The lowest BCUT2D eigenvalue weighted by Crippen LogP contribution is -1.94. The van der Waals surface area contributed by atoms with E-state index in [1.807, 2.05) is 12.1 Å². The number of benzene rings is 4. The van der Waals surface area contributed by atoms with E-state index in [4.69, 9.17) is 0 Å². The fraction of sp³-hybridized carbons (Fsp3) is 0.130. The molecule has 0 radical (unpaired) electrons. The minimum Gasteiger partial charge on any atom is -0.392 e. The van der Waals surface area contributed by atoms with Crippen LogP contribution < -0.4 is 0 Å². The van der Waals surface area contributed by atoms with Gasteiger partial charge in [-0.15, -0.1) is 0 Å². The van der Waals surface area contributed by atoms with Crippen molar-refractivity contribution < 1.29 is 10.2 Å². The van der Waals surface area contributed by atoms with E-state index in [1.54, 1.807) is 0 Å². The molecule has 0 saturated carbocycles. The number of aliphatic hydroxyl groups is 2. The first kappa shape index (κ1) is 14.6. The van der Waals surface area contributed by atoms with Gasteiger partial charge in [-0.2, -0.15) is 0 Å². The molecular formula is C23H18O2. The van der Waals surface area contributed by atoms with Crippen LogP contribution in [0.5, 0.6) is 0 Å². The summed E-state index contributed by atoms with van der Waals surface area (Å²) >= 11 is 0. The highest BCUT2D eigenvalue weighted by molar-refractivity contribution is 6.14. The summed E-state index contributed by atoms with van der Waals surface area (Å²) in [5.74, 6) is 0. The zero-order valence-electron chi connectivity index (χ0n) is 13.8. The molecule has 0 aromatic heterocycles. The summed E-state index contributed by atoms with van der Waals surface area (Å²) in [6.07, 6.45) is 5.46. The van der Waals surface area contributed by atoms with Gasteiger partial charge in [0.05, 0.1) is 13.2 Å². The first-order valence-electron chi connectivity index (χ1n) is 8.60. The first-order chi connectivity index (χ1) is 12.3. The average molecular weight is 326 g/mol. The zero-order chi connectivity index (χ0) is 17.0. The second-order valence-corrected chi connectivity index (χ2v) is 6.76. The van der Waals surface area contributed by atoms with Crippen LogP contribution in [0, 0.1) is 0 Å². The largest absolute Gasteiger partial charge is 0.392 e. The number of hydrogen-bond donors (Lipinski definition) is 2. The van der Waals surface area contributed by atoms with Crippen molar-refractivity contribution in [3.63, 3.8) is 0 Å². The van der Waals surface area contributed by atoms with Gasteiger partial charge < -0.3 is 10.2 Å². The average Bonchev–Trinajstić information content (AvgIpc) is 3.14. The van der Waals surface area contributed by atoms with Gasteiger partial charge in [0, 0.05) is 0 Å². The number of fused-ring (bicyclic) bond motifs is 6. The molecule has 0 bridgehead atoms. The Hall–Kier alpha value is -2.68. The van der Waals surface area contributed by atoms with E-state index >= 15 is 0 Å². The normalized spacial score (nSPS) is 13.2. The minimum absolute atomic E-state index is 0.0555. The summed E-state index contributed by atoms with van der Waals surface area (Å²) in [6, 6.07) is 17.2. The third-order valence-electron chi connectivity index (χ3n) is 5.39. The van der Waals surface area contributed by atoms with Crippen LogP contribution in [0.25, 0.3) is 38.4 Å². The number of rotatable bonds is 2. The summed E-state index contributed by atoms with van der Waals surface area (Å²) in [6.45, 7) is -0.113. The SMILES string of the molecule is OCc1cc2cc3ccc4c5c(ccc4c3cc2cc1CO)CC=C5. The Morgan fingerprint density at radius 1 is 0.680 bits per heavy atom. The Bertz CT molecular complexity index is 1190. The number of hydrogen-bond acceptors (Lipinski definition) is 2. The van der Waals surface area contributed by atoms with Gasteiger partial charge in [0.2, 0.25) is 0 Å². The van der Waals surface area contributed by atoms with Gasteiger partial charge in [-0.3, -0.25) is 0 Å². The lowest BCUT2D eigenvalue weighted by Gasteiger charge is -2.12. The molecule has 0 unspecified atom stereocenters. The molecule has 0 fully saturated rings. The van der Waals surface area contributed by atoms with E-state index < -0.39 is 0 Å². The highest BCUT2D eigenvalue weighted by Gasteiger charge is 2.12. The van der Waals surface area contributed by atoms with Crippen molar-refractivity contribution in [1.29, 1.82) is 0 Å². The second kappa shape index (κ2) is 5.41. The van der Waals surface area contributed by atoms with E-state index in [0.29, 0.717) is 0 Å². The molecule has 2 N–H and O–H groups in total. The van der Waals surface area contributed by atoms with Crippen LogP contribution in [-0.2, 0) is 19.6 Å². The van der Waals surface area contributed by atoms with Crippen molar-refractivity contribution in [3.05, 3.63) is 76.9 Å². The number of allylic oxidation sites excluding steroid dienone is 1. The first-order valence-corrected chi connectivity index (χ1v) is 8.60. The monoisotopic (exact) mass is 326 g/mol. The molecule has 4 aromatic rings. The van der Waals surface area contributed by atoms with Gasteiger partial charge >= 0.3 is 0 Å². The molecule has 0 saturated heterocycles. The molecule has 25 heavy (non-hydrogen) atoms. The molecule has 0 spiro atoms. The molecule has 2 heteroatoms. The lowest BCUT2D eigenvalue weighted by atomic mass is 9.93. The third kappa shape index (κ3) is 2.12. The molecule has 1 aliphatic carbocycles. The topological polar surface area (TPSA) is 40.5 Å². The Kier molecular flexibility index (Phi) is 3.17. The maximum Gasteiger partial charge on any atom is 0.0685 e. The molecule has 0 atom stereocenters. The summed E-state index contributed by atoms with van der Waals surface area (Å²) in [5, 5.41) is 26.3. The molecule has 1 aliphatic rings. The minimum atomic E-state index is -0.0578. The van der Waals surface area contributed by atoms with Crippen LogP contribution in [0.2, 0.25) is 0 Å². The van der Waals surface area contributed by atoms with E-state index in [1.165, 1.54) is 32.7 Å². The van der Waals surface area contributed by atoms with E-state index in [2.05, 4.69) is 48.6 Å². The molecular weight excluding hydrogens is 308 g/mol. The highest BCUT2D eigenvalue weighted by atomic mass is 16.3. The molecule has 5 rings (SSSR count). The summed E-state index contributed by atoms with van der Waals surface area (Å²) in [4.78, 5) is 0. The zero-order valence-corrected chi connectivity index (χ0v) is 13.8. The van der Waals surface area contributed by atoms with Crippen LogP contribution in [-0.4, -0.2) is 10.2 Å². The molecule has 0 aliphatic heterocycles. The van der Waals surface area contributed by atoms with E-state index in [0.717, 1.165) is 28.3 Å². The predicted octanol–water partition coefficient (Wildman–Crippen LogP) is 4.70. The molecule has 0 heterocycles. The maximum absolute atomic E-state index is 9.58. The number of aliphatic hydroxyl groups excluding tert-OH is 2. The van der Waals surface area contributed by atoms with Gasteiger partial charge in [-0.25, -0.2) is 0 Å². The highest BCUT2D eigenvalue weighted by Crippen LogP contribution is 2.35. The van der Waals surface area contributed by atoms with Gasteiger partial charge in [-0.1, -0.05) is 36.4 Å². The maximum atomic E-state index is 9.58. The quantitative estimate of drug-likeness (QED) is 0.414. The van der Waals surface area contributed by atoms with Crippen molar-refractivity contribution in [2.75, 3.05) is 0 Å². The van der Waals surface area contributed by atoms with Crippen LogP contribution in [0.4, 0.5) is 0 Å². The Morgan fingerprint density at radius 2 is 1.40 bits per heavy atom. The van der Waals surface area contributed by atoms with Crippen molar-refractivity contribution in [1.82, 2.24) is 0 Å². The van der Waals surface area contributed by atoms with Gasteiger partial charge in [-0.05, 0) is 85.3 Å². The summed E-state index contributed by atoms with van der Waals surface area (Å²) in [7, 11) is 0. The van der Waals surface area contributed by atoms with Crippen LogP contribution in [0.3, 0.4) is 0 Å². The van der Waals surface area contributed by atoms with Crippen molar-refractivity contribution in [3.8, 4) is 0 Å². The second-order valence-electron chi connectivity index (χ2n) is 6.76. The van der Waals surface area contributed by atoms with Crippen LogP contribution >= 0.6 is 0 Å². The summed E-state index contributed by atoms with van der Waals surface area (Å²) < 4.78 is 0. The van der Waals surface area contributed by atoms with Crippen LogP contribution in [0.1, 0.15) is 22.3 Å². The van der Waals surface area contributed by atoms with Gasteiger partial charge in [0.1, 0.15) is 0 Å². The Labute approximate surface area is 145 Å². The standard InChI is InChI=1S/C23H18O2/c24-12-18-9-16-8-15-5-7-21-20-3-1-2-14(20)4-6-22(21)23(15)11-17(16)10-19(18)13-25/h1,3-11,24-25H,2,12-13H2. The third-order valence-corrected chi connectivity index (χ3v) is 5.39. The van der Waals surface area contributed by atoms with Crippen molar-refractivity contribution >= 4 is 38.4 Å². The lowest BCUT2D eigenvalue weighted by molar-refractivity contribution is 0.260. The van der Waals surface area contributed by atoms with Gasteiger partial charge in [0.15, 0.2) is 0 Å². The summed E-state index contributed by atoms with van der Waals surface area (Å²) in [5.41, 5.74) is 4.31. The van der Waals surface area contributed by atoms with Gasteiger partial charge in [0.25, 0.3) is 0 Å². The molecule has 0 amide bonds. The van der Waals surface area contributed by atoms with E-state index in [9.17, 15) is 10.2 Å². The predicted molar refractivity (Wildman–Crippen MR) is 104 cm³/mol. The van der Waals surface area contributed by atoms with Crippen molar-refractivity contribution in [2.24, 2.45) is 0 Å². The Balaban J connectivity index is 1.88. The Morgan fingerprint density at radius 3 is 2.16 bits per heavy atom. The van der Waals surface area contributed by atoms with E-state index in [-0.39, 0.29) is 13.2 Å². The fourth-order valence-electron chi connectivity index (χ4n) is 4.07. The van der Waals surface area contributed by atoms with Crippen LogP contribution in [0.15, 0.2) is 54.6 Å². The molecule has 4 aromatic carbocycles. The van der Waals surface area contributed by atoms with Crippen molar-refractivity contribution in [2.45, 2.75) is 19.6 Å². The smallest absolute Gasteiger partial charge is 0.0685 e. The molecule has 122 valence electrons. The molecule has 2 nitrogen and oxygen atoms in total. The fourth-order valence-corrected chi connectivity index (χ4v) is 4.07.